The molecule has 1 unspecified atom stereocenters. The zero-order chi connectivity index (χ0) is 34.5. The average Bonchev–Trinajstić information content (AvgIpc) is 3.63. The monoisotopic (exact) mass is 713 g/mol. The van der Waals surface area contributed by atoms with E-state index in [1.807, 2.05) is 12.1 Å². The van der Waals surface area contributed by atoms with E-state index in [0.717, 1.165) is 50.6 Å². The van der Waals surface area contributed by atoms with E-state index in [1.54, 1.807) is 36.4 Å². The summed E-state index contributed by atoms with van der Waals surface area (Å²) in [5.74, 6) is -0.841. The van der Waals surface area contributed by atoms with Crippen LogP contribution in [0.3, 0.4) is 0 Å². The predicted octanol–water partition coefficient (Wildman–Crippen LogP) is 3.83. The maximum atomic E-state index is 14.2. The Labute approximate surface area is 291 Å². The number of ether oxygens (including phenoxy) is 1. The molecule has 264 valence electrons. The third kappa shape index (κ3) is 9.66. The minimum Gasteiger partial charge on any atom is -0.434 e. The summed E-state index contributed by atoms with van der Waals surface area (Å²) in [6, 6.07) is 11.4. The Balaban J connectivity index is 1.22. The lowest BCUT2D eigenvalue weighted by atomic mass is 9.91. The van der Waals surface area contributed by atoms with Crippen LogP contribution < -0.4 is 15.4 Å². The molecule has 14 heteroatoms. The van der Waals surface area contributed by atoms with Crippen LogP contribution in [0.4, 0.5) is 0 Å². The van der Waals surface area contributed by atoms with Crippen LogP contribution in [0, 0.1) is 11.8 Å². The van der Waals surface area contributed by atoms with Gasteiger partial charge in [0.25, 0.3) is 5.89 Å². The molecule has 3 aromatic rings. The zero-order valence-electron chi connectivity index (χ0n) is 27.6. The first-order chi connectivity index (χ1) is 23.5. The van der Waals surface area contributed by atoms with Crippen molar-refractivity contribution in [3.8, 4) is 0 Å². The highest BCUT2D eigenvalue weighted by atomic mass is 35.5. The smallest absolute Gasteiger partial charge is 0.266 e. The van der Waals surface area contributed by atoms with Gasteiger partial charge in [0.05, 0.1) is 25.0 Å². The highest BCUT2D eigenvalue weighted by molar-refractivity contribution is 7.88. The first kappa shape index (κ1) is 35.5. The number of amides is 2. The van der Waals surface area contributed by atoms with Crippen molar-refractivity contribution in [1.29, 1.82) is 0 Å². The topological polar surface area (TPSA) is 160 Å². The molecule has 12 nitrogen and oxygen atoms in total. The van der Waals surface area contributed by atoms with Gasteiger partial charge in [0.2, 0.25) is 27.6 Å². The van der Waals surface area contributed by atoms with Gasteiger partial charge in [-0.1, -0.05) is 48.7 Å². The molecule has 2 aromatic carbocycles. The van der Waals surface area contributed by atoms with Crippen LogP contribution >= 0.6 is 11.6 Å². The van der Waals surface area contributed by atoms with Gasteiger partial charge in [-0.05, 0) is 86.9 Å². The van der Waals surface area contributed by atoms with Crippen LogP contribution in [-0.4, -0.2) is 86.0 Å². The Morgan fingerprint density at radius 3 is 2.47 bits per heavy atom. The molecular formula is C35H44ClN5O7S. The molecule has 1 aromatic heterocycles. The lowest BCUT2D eigenvalue weighted by Crippen LogP contribution is -2.55. The SMILES string of the molecule is CS(=O)(=O)N[C@H](CCC1CCNCC1)C(=O)N1C[C@H](OCc2ccc(Cl)cc2)CC1C(=O)N[C@@H](CC1CC1)C(=O)c1nc2ccccc2o1. The van der Waals surface area contributed by atoms with E-state index >= 15 is 0 Å². The lowest BCUT2D eigenvalue weighted by Gasteiger charge is -2.30. The van der Waals surface area contributed by atoms with Crippen molar-refractivity contribution in [3.05, 3.63) is 65.0 Å². The average molecular weight is 714 g/mol. The van der Waals surface area contributed by atoms with E-state index in [0.29, 0.717) is 41.3 Å². The number of carbonyl (C=O) groups is 3. The summed E-state index contributed by atoms with van der Waals surface area (Å²) in [7, 11) is -3.74. The van der Waals surface area contributed by atoms with E-state index in [1.165, 1.54) is 4.90 Å². The molecule has 6 rings (SSSR count). The molecule has 0 bridgehead atoms. The zero-order valence-corrected chi connectivity index (χ0v) is 29.2. The summed E-state index contributed by atoms with van der Waals surface area (Å²) in [4.78, 5) is 47.9. The van der Waals surface area contributed by atoms with Gasteiger partial charge in [0, 0.05) is 18.0 Å². The summed E-state index contributed by atoms with van der Waals surface area (Å²) in [5.41, 5.74) is 1.90. The van der Waals surface area contributed by atoms with Crippen molar-refractivity contribution in [2.75, 3.05) is 25.9 Å². The van der Waals surface area contributed by atoms with Gasteiger partial charge in [0.15, 0.2) is 5.58 Å². The summed E-state index contributed by atoms with van der Waals surface area (Å²) in [5, 5.41) is 6.86. The van der Waals surface area contributed by atoms with Crippen molar-refractivity contribution in [3.63, 3.8) is 0 Å². The number of piperidine rings is 1. The van der Waals surface area contributed by atoms with Gasteiger partial charge in [-0.25, -0.2) is 18.1 Å². The van der Waals surface area contributed by atoms with E-state index < -0.39 is 51.9 Å². The first-order valence-corrected chi connectivity index (χ1v) is 19.3. The molecule has 1 aliphatic carbocycles. The molecule has 0 radical (unpaired) electrons. The molecule has 3 fully saturated rings. The number of hydrogen-bond donors (Lipinski definition) is 3. The van der Waals surface area contributed by atoms with Gasteiger partial charge in [-0.2, -0.15) is 0 Å². The number of oxazole rings is 1. The molecule has 2 amide bonds. The Kier molecular flexibility index (Phi) is 11.3. The highest BCUT2D eigenvalue weighted by Gasteiger charge is 2.44. The summed E-state index contributed by atoms with van der Waals surface area (Å²) >= 11 is 6.04. The number of hydrogen-bond acceptors (Lipinski definition) is 9. The van der Waals surface area contributed by atoms with Crippen molar-refractivity contribution >= 4 is 50.3 Å². The van der Waals surface area contributed by atoms with E-state index in [2.05, 4.69) is 20.3 Å². The van der Waals surface area contributed by atoms with E-state index in [4.69, 9.17) is 20.8 Å². The summed E-state index contributed by atoms with van der Waals surface area (Å²) < 4.78 is 39.4. The molecule has 3 N–H and O–H groups in total. The number of fused-ring (bicyclic) bond motifs is 1. The Bertz CT molecular complexity index is 1710. The largest absolute Gasteiger partial charge is 0.434 e. The molecule has 1 saturated carbocycles. The van der Waals surface area contributed by atoms with Crippen LogP contribution in [0.1, 0.15) is 67.6 Å². The van der Waals surface area contributed by atoms with Crippen LogP contribution in [0.25, 0.3) is 11.1 Å². The molecule has 2 aliphatic heterocycles. The van der Waals surface area contributed by atoms with Gasteiger partial charge >= 0.3 is 0 Å². The van der Waals surface area contributed by atoms with Gasteiger partial charge < -0.3 is 24.7 Å². The van der Waals surface area contributed by atoms with E-state index in [-0.39, 0.29) is 31.4 Å². The highest BCUT2D eigenvalue weighted by Crippen LogP contribution is 2.35. The number of Topliss-reactive ketones (excluding diaryl/α,β-unsaturated/α-hetero) is 1. The predicted molar refractivity (Wildman–Crippen MR) is 184 cm³/mol. The fourth-order valence-corrected chi connectivity index (χ4v) is 7.64. The number of sulfonamides is 1. The van der Waals surface area contributed by atoms with Crippen LogP contribution in [0.5, 0.6) is 0 Å². The fourth-order valence-electron chi connectivity index (χ4n) is 6.78. The molecule has 49 heavy (non-hydrogen) atoms. The minimum absolute atomic E-state index is 0.0778. The number of aromatic nitrogens is 1. The molecule has 0 spiro atoms. The van der Waals surface area contributed by atoms with Crippen molar-refractivity contribution in [2.24, 2.45) is 11.8 Å². The first-order valence-electron chi connectivity index (χ1n) is 17.1. The standard InChI is InChI=1S/C35H44ClN5O7S/c1-49(45,46)40-28(13-10-22-14-16-37-17-15-22)35(44)41-20-26(47-21-24-8-11-25(36)12-9-24)19-30(41)33(43)38-29(18-23-6-7-23)32(42)34-39-27-4-2-3-5-31(27)48-34/h2-5,8-9,11-12,22-23,26,28-30,37,40H,6-7,10,13-21H2,1H3,(H,38,43)/t26-,28-,29+,30?/m1/s1. The second-order valence-corrected chi connectivity index (χ2v) is 15.8. The van der Waals surface area contributed by atoms with Gasteiger partial charge in [0.1, 0.15) is 17.6 Å². The number of para-hydroxylation sites is 2. The third-order valence-electron chi connectivity index (χ3n) is 9.63. The summed E-state index contributed by atoms with van der Waals surface area (Å²) in [6.45, 7) is 2.09. The molecule has 4 atom stereocenters. The summed E-state index contributed by atoms with van der Waals surface area (Å²) in [6.07, 6.45) is 5.92. The van der Waals surface area contributed by atoms with Crippen molar-refractivity contribution in [2.45, 2.75) is 82.2 Å². The maximum absolute atomic E-state index is 14.2. The number of nitrogens with one attached hydrogen (secondary N) is 3. The number of carbonyl (C=O) groups excluding carboxylic acids is 3. The van der Waals surface area contributed by atoms with Crippen LogP contribution in [0.2, 0.25) is 5.02 Å². The van der Waals surface area contributed by atoms with Crippen LogP contribution in [-0.2, 0) is 31.0 Å². The number of halogens is 1. The van der Waals surface area contributed by atoms with Gasteiger partial charge in [-0.15, -0.1) is 0 Å². The van der Waals surface area contributed by atoms with Crippen LogP contribution in [0.15, 0.2) is 52.9 Å². The van der Waals surface area contributed by atoms with Crippen molar-refractivity contribution < 1.29 is 32.0 Å². The maximum Gasteiger partial charge on any atom is 0.266 e. The molecule has 3 heterocycles. The number of ketones is 1. The normalized spacial score (nSPS) is 21.5. The fraction of sp³-hybridized carbons (Fsp3) is 0.543. The lowest BCUT2D eigenvalue weighted by molar-refractivity contribution is -0.140. The Morgan fingerprint density at radius 2 is 1.78 bits per heavy atom. The van der Waals surface area contributed by atoms with E-state index in [9.17, 15) is 22.8 Å². The molecule has 2 saturated heterocycles. The third-order valence-corrected chi connectivity index (χ3v) is 10.6. The number of rotatable bonds is 15. The number of benzene rings is 2. The minimum atomic E-state index is -3.74. The number of likely N-dealkylation sites (tertiary alicyclic amines) is 1. The van der Waals surface area contributed by atoms with Gasteiger partial charge in [-0.3, -0.25) is 14.4 Å². The Hall–Kier alpha value is -3.36. The quantitative estimate of drug-likeness (QED) is 0.199. The van der Waals surface area contributed by atoms with Crippen molar-refractivity contribution in [1.82, 2.24) is 25.2 Å². The number of nitrogens with zero attached hydrogens (tertiary/aromatic N) is 2. The second kappa shape index (κ2) is 15.7. The molecule has 3 aliphatic rings. The second-order valence-electron chi connectivity index (χ2n) is 13.6. The Morgan fingerprint density at radius 1 is 1.04 bits per heavy atom. The molecular weight excluding hydrogens is 670 g/mol.